The van der Waals surface area contributed by atoms with Gasteiger partial charge in [-0.2, -0.15) is 0 Å². The van der Waals surface area contributed by atoms with Crippen molar-refractivity contribution in [2.75, 3.05) is 12.0 Å². The van der Waals surface area contributed by atoms with Crippen LogP contribution in [0.2, 0.25) is 0 Å². The number of nitrogens with one attached hydrogen (secondary N) is 1. The number of rotatable bonds is 6. The number of methoxy groups -OCH3 is 1. The van der Waals surface area contributed by atoms with E-state index >= 15 is 0 Å². The number of anilines is 1. The second-order valence-corrected chi connectivity index (χ2v) is 6.30. The van der Waals surface area contributed by atoms with E-state index in [9.17, 15) is 24.3 Å². The van der Waals surface area contributed by atoms with Crippen molar-refractivity contribution < 1.29 is 33.8 Å². The van der Waals surface area contributed by atoms with Crippen LogP contribution in [0.1, 0.15) is 12.5 Å². The minimum Gasteiger partial charge on any atom is -0.546 e. The number of aliphatic carboxylic acids is 1. The molecule has 0 radical (unpaired) electrons. The summed E-state index contributed by atoms with van der Waals surface area (Å²) in [5.74, 6) is -2.12. The van der Waals surface area contributed by atoms with Gasteiger partial charge in [0, 0.05) is 0 Å². The Labute approximate surface area is 171 Å². The van der Waals surface area contributed by atoms with Gasteiger partial charge in [0.1, 0.15) is 23.2 Å². The molecule has 1 saturated heterocycles. The number of urea groups is 1. The zero-order valence-corrected chi connectivity index (χ0v) is 16.1. The van der Waals surface area contributed by atoms with Gasteiger partial charge in [0.2, 0.25) is 0 Å². The maximum absolute atomic E-state index is 12.8. The first-order valence-electron chi connectivity index (χ1n) is 8.83. The van der Waals surface area contributed by atoms with Crippen LogP contribution in [-0.2, 0) is 14.4 Å². The van der Waals surface area contributed by atoms with Crippen molar-refractivity contribution in [3.63, 3.8) is 0 Å². The molecule has 2 aromatic carbocycles. The smallest absolute Gasteiger partial charge is 0.335 e. The fraction of sp³-hybridized carbons (Fsp3) is 0.143. The minimum atomic E-state index is -1.35. The van der Waals surface area contributed by atoms with Crippen molar-refractivity contribution in [3.8, 4) is 11.5 Å². The second kappa shape index (κ2) is 8.48. The molecule has 0 aromatic heterocycles. The molecule has 0 aliphatic carbocycles. The Morgan fingerprint density at radius 2 is 1.63 bits per heavy atom. The summed E-state index contributed by atoms with van der Waals surface area (Å²) >= 11 is 0. The molecule has 0 unspecified atom stereocenters. The van der Waals surface area contributed by atoms with E-state index in [1.54, 1.807) is 24.3 Å². The monoisotopic (exact) mass is 409 g/mol. The van der Waals surface area contributed by atoms with E-state index < -0.39 is 29.9 Å². The van der Waals surface area contributed by atoms with E-state index in [2.05, 4.69) is 5.32 Å². The van der Waals surface area contributed by atoms with Crippen LogP contribution in [-0.4, -0.2) is 37.0 Å². The normalized spacial score (nSPS) is 16.3. The Morgan fingerprint density at radius 1 is 1.03 bits per heavy atom. The fourth-order valence-corrected chi connectivity index (χ4v) is 2.68. The third-order valence-electron chi connectivity index (χ3n) is 4.27. The number of nitrogens with zero attached hydrogens (tertiary/aromatic N) is 1. The summed E-state index contributed by atoms with van der Waals surface area (Å²) in [5, 5.41) is 12.9. The number of hydrogen-bond acceptors (Lipinski definition) is 7. The molecule has 1 fully saturated rings. The van der Waals surface area contributed by atoms with Crippen LogP contribution in [0, 0.1) is 0 Å². The summed E-state index contributed by atoms with van der Waals surface area (Å²) in [7, 11) is 1.49. The number of barbiturate groups is 1. The highest BCUT2D eigenvalue weighted by Gasteiger charge is 2.36. The topological polar surface area (TPSA) is 125 Å². The molecule has 0 saturated carbocycles. The first kappa shape index (κ1) is 20.6. The molecule has 9 nitrogen and oxygen atoms in total. The molecule has 4 amide bonds. The largest absolute Gasteiger partial charge is 0.546 e. The standard InChI is InChI=1S/C21H18N2O7/c1-12(20(26)27)30-16-7-3-13(4-8-16)11-17-18(24)22-21(28)23(19(17)25)14-5-9-15(29-2)10-6-14/h3-12H,1-2H3,(H,26,27)(H,22,24,28)/p-1/b17-11-/t12-/m0/s1. The Bertz CT molecular complexity index is 1030. The quantitative estimate of drug-likeness (QED) is 0.554. The van der Waals surface area contributed by atoms with Crippen LogP contribution < -0.4 is 24.8 Å². The third kappa shape index (κ3) is 4.30. The number of hydrogen-bond donors (Lipinski definition) is 1. The number of amides is 4. The molecule has 0 spiro atoms. The Morgan fingerprint density at radius 3 is 2.20 bits per heavy atom. The van der Waals surface area contributed by atoms with Crippen molar-refractivity contribution >= 4 is 35.6 Å². The highest BCUT2D eigenvalue weighted by atomic mass is 16.5. The second-order valence-electron chi connectivity index (χ2n) is 6.30. The van der Waals surface area contributed by atoms with Gasteiger partial charge in [-0.05, 0) is 55.0 Å². The van der Waals surface area contributed by atoms with E-state index in [1.807, 2.05) is 0 Å². The number of carboxylic acids is 1. The van der Waals surface area contributed by atoms with Gasteiger partial charge in [0.25, 0.3) is 11.8 Å². The van der Waals surface area contributed by atoms with Crippen LogP contribution in [0.5, 0.6) is 11.5 Å². The average molecular weight is 409 g/mol. The van der Waals surface area contributed by atoms with Crippen LogP contribution in [0.15, 0.2) is 54.1 Å². The third-order valence-corrected chi connectivity index (χ3v) is 4.27. The SMILES string of the molecule is COc1ccc(N2C(=O)NC(=O)/C(=C/c3ccc(O[C@@H](C)C(=O)[O-])cc3)C2=O)cc1. The fourth-order valence-electron chi connectivity index (χ4n) is 2.68. The van der Waals surface area contributed by atoms with Gasteiger partial charge in [-0.15, -0.1) is 0 Å². The van der Waals surface area contributed by atoms with Crippen LogP contribution in [0.3, 0.4) is 0 Å². The van der Waals surface area contributed by atoms with Gasteiger partial charge in [0.15, 0.2) is 0 Å². The van der Waals surface area contributed by atoms with Gasteiger partial charge in [-0.25, -0.2) is 9.69 Å². The molecule has 2 aromatic rings. The summed E-state index contributed by atoms with van der Waals surface area (Å²) in [6.07, 6.45) is 0.191. The number of carbonyl (C=O) groups is 4. The number of benzene rings is 2. The van der Waals surface area contributed by atoms with Gasteiger partial charge >= 0.3 is 6.03 Å². The molecule has 1 heterocycles. The first-order chi connectivity index (χ1) is 14.3. The lowest BCUT2D eigenvalue weighted by atomic mass is 10.1. The van der Waals surface area contributed by atoms with E-state index in [4.69, 9.17) is 9.47 Å². The summed E-state index contributed by atoms with van der Waals surface area (Å²) in [6, 6.07) is 11.4. The summed E-state index contributed by atoms with van der Waals surface area (Å²) < 4.78 is 10.2. The molecule has 30 heavy (non-hydrogen) atoms. The van der Waals surface area contributed by atoms with E-state index in [0.717, 1.165) is 4.90 Å². The zero-order chi connectivity index (χ0) is 21.8. The zero-order valence-electron chi connectivity index (χ0n) is 16.1. The summed E-state index contributed by atoms with van der Waals surface area (Å²) in [4.78, 5) is 48.9. The number of ether oxygens (including phenoxy) is 2. The molecule has 9 heteroatoms. The lowest BCUT2D eigenvalue weighted by Crippen LogP contribution is -2.54. The van der Waals surface area contributed by atoms with Crippen molar-refractivity contribution in [3.05, 3.63) is 59.7 Å². The maximum atomic E-state index is 12.8. The Balaban J connectivity index is 1.85. The highest BCUT2D eigenvalue weighted by Crippen LogP contribution is 2.24. The Kier molecular flexibility index (Phi) is 5.82. The summed E-state index contributed by atoms with van der Waals surface area (Å²) in [6.45, 7) is 1.33. The Hall–Kier alpha value is -4.14. The first-order valence-corrected chi connectivity index (χ1v) is 8.83. The minimum absolute atomic E-state index is 0.234. The van der Waals surface area contributed by atoms with E-state index in [-0.39, 0.29) is 17.0 Å². The van der Waals surface area contributed by atoms with Gasteiger partial charge in [0.05, 0.1) is 18.8 Å². The molecule has 0 bridgehead atoms. The highest BCUT2D eigenvalue weighted by molar-refractivity contribution is 6.39. The number of imide groups is 2. The predicted octanol–water partition coefficient (Wildman–Crippen LogP) is 0.879. The van der Waals surface area contributed by atoms with Crippen LogP contribution in [0.4, 0.5) is 10.5 Å². The molecule has 1 aliphatic heterocycles. The van der Waals surface area contributed by atoms with Crippen molar-refractivity contribution in [1.82, 2.24) is 5.32 Å². The van der Waals surface area contributed by atoms with Gasteiger partial charge in [-0.1, -0.05) is 12.1 Å². The molecule has 3 rings (SSSR count). The van der Waals surface area contributed by atoms with Crippen molar-refractivity contribution in [2.24, 2.45) is 0 Å². The molecular weight excluding hydrogens is 392 g/mol. The van der Waals surface area contributed by atoms with Crippen LogP contribution in [0.25, 0.3) is 6.08 Å². The van der Waals surface area contributed by atoms with E-state index in [1.165, 1.54) is 44.4 Å². The maximum Gasteiger partial charge on any atom is 0.335 e. The van der Waals surface area contributed by atoms with Crippen molar-refractivity contribution in [1.29, 1.82) is 0 Å². The lowest BCUT2D eigenvalue weighted by Gasteiger charge is -2.26. The van der Waals surface area contributed by atoms with E-state index in [0.29, 0.717) is 11.3 Å². The average Bonchev–Trinajstić information content (AvgIpc) is 2.72. The van der Waals surface area contributed by atoms with Crippen molar-refractivity contribution in [2.45, 2.75) is 13.0 Å². The van der Waals surface area contributed by atoms with Gasteiger partial charge < -0.3 is 19.4 Å². The molecule has 1 N–H and O–H groups in total. The number of carboxylic acid groups (broad SMARTS) is 1. The van der Waals surface area contributed by atoms with Crippen LogP contribution >= 0.6 is 0 Å². The predicted molar refractivity (Wildman–Crippen MR) is 104 cm³/mol. The molecular formula is C21H17N2O7-. The molecule has 1 aliphatic rings. The lowest BCUT2D eigenvalue weighted by molar-refractivity contribution is -0.312. The molecule has 1 atom stereocenters. The summed E-state index contributed by atoms with van der Waals surface area (Å²) in [5.41, 5.74) is 0.518. The van der Waals surface area contributed by atoms with Gasteiger partial charge in [-0.3, -0.25) is 14.9 Å². The molecule has 154 valence electrons. The number of carbonyl (C=O) groups excluding carboxylic acids is 4.